The van der Waals surface area contributed by atoms with Crippen LogP contribution in [0, 0.1) is 6.92 Å². The largest absolute Gasteiger partial charge is 0.352 e. The predicted octanol–water partition coefficient (Wildman–Crippen LogP) is 2.71. The lowest BCUT2D eigenvalue weighted by molar-refractivity contribution is 0.0954. The molecule has 1 aromatic carbocycles. The Morgan fingerprint density at radius 1 is 1.26 bits per heavy atom. The van der Waals surface area contributed by atoms with Crippen molar-refractivity contribution in [2.24, 2.45) is 0 Å². The normalized spacial score (nSPS) is 18.9. The number of hydrogen-bond acceptors (Lipinski definition) is 4. The molecule has 0 saturated carbocycles. The molecule has 1 aromatic heterocycles. The Morgan fingerprint density at radius 3 is 3.04 bits per heavy atom. The minimum atomic E-state index is -0.0153. The molecule has 5 nitrogen and oxygen atoms in total. The van der Waals surface area contributed by atoms with E-state index in [0.29, 0.717) is 18.9 Å². The average Bonchev–Trinajstić information content (AvgIpc) is 3.18. The highest BCUT2D eigenvalue weighted by atomic mass is 16.1. The van der Waals surface area contributed by atoms with E-state index in [9.17, 15) is 4.79 Å². The van der Waals surface area contributed by atoms with Crippen LogP contribution in [0.25, 0.3) is 0 Å². The molecular formula is C22H28N4O. The second-order valence-corrected chi connectivity index (χ2v) is 7.68. The van der Waals surface area contributed by atoms with Gasteiger partial charge in [0.1, 0.15) is 5.82 Å². The van der Waals surface area contributed by atoms with E-state index in [0.717, 1.165) is 43.0 Å². The number of carbonyl (C=O) groups is 1. The third kappa shape index (κ3) is 4.19. The van der Waals surface area contributed by atoms with Crippen molar-refractivity contribution in [3.05, 3.63) is 58.2 Å². The van der Waals surface area contributed by atoms with Crippen LogP contribution in [0.2, 0.25) is 0 Å². The predicted molar refractivity (Wildman–Crippen MR) is 106 cm³/mol. The van der Waals surface area contributed by atoms with Crippen LogP contribution in [0.4, 0.5) is 0 Å². The van der Waals surface area contributed by atoms with Gasteiger partial charge < -0.3 is 10.6 Å². The lowest BCUT2D eigenvalue weighted by Crippen LogP contribution is -2.29. The van der Waals surface area contributed by atoms with Gasteiger partial charge in [0.25, 0.3) is 5.91 Å². The molecule has 1 saturated heterocycles. The summed E-state index contributed by atoms with van der Waals surface area (Å²) in [5.41, 5.74) is 5.64. The van der Waals surface area contributed by atoms with Crippen LogP contribution in [-0.4, -0.2) is 35.5 Å². The Kier molecular flexibility index (Phi) is 5.48. The van der Waals surface area contributed by atoms with Gasteiger partial charge in [0.05, 0.1) is 0 Å². The Bertz CT molecular complexity index is 827. The molecule has 2 aromatic rings. The summed E-state index contributed by atoms with van der Waals surface area (Å²) in [6, 6.07) is 8.07. The first kappa shape index (κ1) is 18.1. The van der Waals surface area contributed by atoms with Crippen molar-refractivity contribution in [2.45, 2.75) is 51.4 Å². The van der Waals surface area contributed by atoms with Crippen LogP contribution in [0.5, 0.6) is 0 Å². The monoisotopic (exact) mass is 364 g/mol. The van der Waals surface area contributed by atoms with Gasteiger partial charge in [-0.1, -0.05) is 12.1 Å². The molecule has 1 aliphatic carbocycles. The van der Waals surface area contributed by atoms with Crippen molar-refractivity contribution < 1.29 is 4.79 Å². The van der Waals surface area contributed by atoms with Crippen molar-refractivity contribution in [1.82, 2.24) is 20.6 Å². The maximum Gasteiger partial charge on any atom is 0.251 e. The van der Waals surface area contributed by atoms with Gasteiger partial charge in [-0.25, -0.2) is 9.97 Å². The third-order valence-corrected chi connectivity index (χ3v) is 5.74. The van der Waals surface area contributed by atoms with Gasteiger partial charge in [-0.2, -0.15) is 0 Å². The zero-order chi connectivity index (χ0) is 18.6. The summed E-state index contributed by atoms with van der Waals surface area (Å²) >= 11 is 0. The number of piperidine rings is 1. The maximum atomic E-state index is 12.6. The molecular weight excluding hydrogens is 336 g/mol. The summed E-state index contributed by atoms with van der Waals surface area (Å²) < 4.78 is 0. The number of carbonyl (C=O) groups excluding carboxylic acids is 1. The minimum absolute atomic E-state index is 0.0153. The van der Waals surface area contributed by atoms with Crippen molar-refractivity contribution in [3.63, 3.8) is 0 Å². The van der Waals surface area contributed by atoms with Crippen LogP contribution < -0.4 is 10.6 Å². The van der Waals surface area contributed by atoms with E-state index < -0.39 is 0 Å². The van der Waals surface area contributed by atoms with Gasteiger partial charge >= 0.3 is 0 Å². The molecule has 4 rings (SSSR count). The van der Waals surface area contributed by atoms with Gasteiger partial charge in [-0.15, -0.1) is 0 Å². The summed E-state index contributed by atoms with van der Waals surface area (Å²) in [5.74, 6) is 1.34. The number of aryl methyl sites for hydroxylation is 2. The van der Waals surface area contributed by atoms with E-state index in [1.807, 2.05) is 18.2 Å². The molecule has 1 aliphatic heterocycles. The first-order valence-corrected chi connectivity index (χ1v) is 10.1. The van der Waals surface area contributed by atoms with Crippen molar-refractivity contribution >= 4 is 5.91 Å². The van der Waals surface area contributed by atoms with Crippen LogP contribution in [0.1, 0.15) is 63.9 Å². The zero-order valence-corrected chi connectivity index (χ0v) is 16.1. The number of benzene rings is 1. The Labute approximate surface area is 161 Å². The second kappa shape index (κ2) is 8.17. The van der Waals surface area contributed by atoms with E-state index >= 15 is 0 Å². The number of aromatic nitrogens is 2. The summed E-state index contributed by atoms with van der Waals surface area (Å²) in [6.07, 6.45) is 6.39. The number of amides is 1. The van der Waals surface area contributed by atoms with Crippen LogP contribution in [0.3, 0.4) is 0 Å². The fourth-order valence-corrected chi connectivity index (χ4v) is 4.25. The number of fused-ring (bicyclic) bond motifs is 1. The second-order valence-electron chi connectivity index (χ2n) is 7.68. The number of nitrogens with zero attached hydrogens (tertiary/aromatic N) is 2. The molecule has 2 heterocycles. The first-order valence-electron chi connectivity index (χ1n) is 10.1. The lowest BCUT2D eigenvalue weighted by atomic mass is 9.90. The van der Waals surface area contributed by atoms with Crippen LogP contribution >= 0.6 is 0 Å². The highest BCUT2D eigenvalue weighted by Gasteiger charge is 2.18. The molecule has 0 spiro atoms. The molecule has 0 bridgehead atoms. The SMILES string of the molecule is Cc1nc(CCNC(=O)c2cccc(C3CCCNC3)c2)nc2c1CCC2. The van der Waals surface area contributed by atoms with Crippen molar-refractivity contribution in [1.29, 1.82) is 0 Å². The molecule has 142 valence electrons. The molecule has 1 atom stereocenters. The quantitative estimate of drug-likeness (QED) is 0.856. The average molecular weight is 364 g/mol. The zero-order valence-electron chi connectivity index (χ0n) is 16.1. The van der Waals surface area contributed by atoms with Gasteiger partial charge in [0.2, 0.25) is 0 Å². The number of rotatable bonds is 5. The van der Waals surface area contributed by atoms with Crippen molar-refractivity contribution in [3.8, 4) is 0 Å². The maximum absolute atomic E-state index is 12.6. The summed E-state index contributed by atoms with van der Waals surface area (Å²) in [7, 11) is 0. The molecule has 1 fully saturated rings. The molecule has 2 N–H and O–H groups in total. The topological polar surface area (TPSA) is 66.9 Å². The standard InChI is InChI=1S/C22H28N4O/c1-15-19-8-3-9-20(19)26-21(25-15)10-12-24-22(27)17-6-2-5-16(13-17)18-7-4-11-23-14-18/h2,5-6,13,18,23H,3-4,7-12,14H2,1H3,(H,24,27). The van der Waals surface area contributed by atoms with Gasteiger partial charge in [0, 0.05) is 36.5 Å². The molecule has 1 unspecified atom stereocenters. The fraction of sp³-hybridized carbons (Fsp3) is 0.500. The minimum Gasteiger partial charge on any atom is -0.352 e. The van der Waals surface area contributed by atoms with Crippen LogP contribution in [-0.2, 0) is 19.3 Å². The molecule has 1 amide bonds. The fourth-order valence-electron chi connectivity index (χ4n) is 4.25. The molecule has 5 heteroatoms. The highest BCUT2D eigenvalue weighted by Crippen LogP contribution is 2.24. The van der Waals surface area contributed by atoms with Gasteiger partial charge in [-0.3, -0.25) is 4.79 Å². The van der Waals surface area contributed by atoms with E-state index in [1.165, 1.54) is 36.1 Å². The van der Waals surface area contributed by atoms with Crippen molar-refractivity contribution in [2.75, 3.05) is 19.6 Å². The Morgan fingerprint density at radius 2 is 2.19 bits per heavy atom. The highest BCUT2D eigenvalue weighted by molar-refractivity contribution is 5.94. The molecule has 0 radical (unpaired) electrons. The summed E-state index contributed by atoms with van der Waals surface area (Å²) in [4.78, 5) is 21.9. The lowest BCUT2D eigenvalue weighted by Gasteiger charge is -2.23. The van der Waals surface area contributed by atoms with Crippen LogP contribution in [0.15, 0.2) is 24.3 Å². The Balaban J connectivity index is 1.35. The van der Waals surface area contributed by atoms with E-state index in [1.54, 1.807) is 0 Å². The van der Waals surface area contributed by atoms with E-state index in [2.05, 4.69) is 33.6 Å². The molecule has 2 aliphatic rings. The summed E-state index contributed by atoms with van der Waals surface area (Å²) in [5, 5.41) is 6.47. The van der Waals surface area contributed by atoms with E-state index in [4.69, 9.17) is 0 Å². The van der Waals surface area contributed by atoms with Gasteiger partial charge in [-0.05, 0) is 74.8 Å². The third-order valence-electron chi connectivity index (χ3n) is 5.74. The summed E-state index contributed by atoms with van der Waals surface area (Å²) in [6.45, 7) is 4.73. The van der Waals surface area contributed by atoms with E-state index in [-0.39, 0.29) is 5.91 Å². The smallest absolute Gasteiger partial charge is 0.251 e. The number of hydrogen-bond donors (Lipinski definition) is 2. The first-order chi connectivity index (χ1) is 13.2. The van der Waals surface area contributed by atoms with Gasteiger partial charge in [0.15, 0.2) is 0 Å². The number of nitrogens with one attached hydrogen (secondary N) is 2. The Hall–Kier alpha value is -2.27. The molecule has 27 heavy (non-hydrogen) atoms.